The maximum atomic E-state index is 13.8. The van der Waals surface area contributed by atoms with Crippen molar-refractivity contribution in [3.05, 3.63) is 74.3 Å². The summed E-state index contributed by atoms with van der Waals surface area (Å²) in [6, 6.07) is 9.63. The lowest BCUT2D eigenvalue weighted by Gasteiger charge is -2.12. The summed E-state index contributed by atoms with van der Waals surface area (Å²) in [5, 5.41) is 1.23. The minimum absolute atomic E-state index is 0.0625. The van der Waals surface area contributed by atoms with Gasteiger partial charge in [0, 0.05) is 27.6 Å². The van der Waals surface area contributed by atoms with E-state index >= 15 is 0 Å². The SMILES string of the molecule is CCc1cc(=O)oc2c(C)c(OCc3ccc(Cl)cc3F)ccc12. The van der Waals surface area contributed by atoms with E-state index in [-0.39, 0.29) is 12.2 Å². The smallest absolute Gasteiger partial charge is 0.336 e. The van der Waals surface area contributed by atoms with Gasteiger partial charge in [0.05, 0.1) is 0 Å². The predicted molar refractivity (Wildman–Crippen MR) is 92.3 cm³/mol. The zero-order valence-electron chi connectivity index (χ0n) is 13.4. The first-order valence-corrected chi connectivity index (χ1v) is 8.00. The van der Waals surface area contributed by atoms with Gasteiger partial charge < -0.3 is 9.15 Å². The Labute approximate surface area is 143 Å². The third kappa shape index (κ3) is 3.15. The minimum atomic E-state index is -0.416. The van der Waals surface area contributed by atoms with E-state index in [9.17, 15) is 9.18 Å². The number of hydrogen-bond acceptors (Lipinski definition) is 3. The number of hydrogen-bond donors (Lipinski definition) is 0. The molecule has 24 heavy (non-hydrogen) atoms. The highest BCUT2D eigenvalue weighted by Crippen LogP contribution is 2.29. The Morgan fingerprint density at radius 1 is 1.17 bits per heavy atom. The van der Waals surface area contributed by atoms with Gasteiger partial charge in [-0.3, -0.25) is 0 Å². The van der Waals surface area contributed by atoms with Crippen LogP contribution in [-0.2, 0) is 13.0 Å². The molecule has 2 aromatic carbocycles. The monoisotopic (exact) mass is 346 g/mol. The predicted octanol–water partition coefficient (Wildman–Crippen LogP) is 5.04. The van der Waals surface area contributed by atoms with E-state index in [1.165, 1.54) is 12.1 Å². The van der Waals surface area contributed by atoms with E-state index in [0.29, 0.717) is 27.5 Å². The van der Waals surface area contributed by atoms with Crippen molar-refractivity contribution in [3.8, 4) is 5.75 Å². The fourth-order valence-electron chi connectivity index (χ4n) is 2.65. The van der Waals surface area contributed by atoms with E-state index in [4.69, 9.17) is 20.8 Å². The molecule has 124 valence electrons. The van der Waals surface area contributed by atoms with Gasteiger partial charge in [-0.2, -0.15) is 0 Å². The van der Waals surface area contributed by atoms with Crippen LogP contribution in [0.2, 0.25) is 5.02 Å². The van der Waals surface area contributed by atoms with E-state index in [2.05, 4.69) is 0 Å². The number of rotatable bonds is 4. The molecule has 0 amide bonds. The summed E-state index contributed by atoms with van der Waals surface area (Å²) in [6.45, 7) is 3.86. The molecular weight excluding hydrogens is 331 g/mol. The first-order chi connectivity index (χ1) is 11.5. The fourth-order valence-corrected chi connectivity index (χ4v) is 2.81. The highest BCUT2D eigenvalue weighted by Gasteiger charge is 2.12. The molecule has 0 fully saturated rings. The molecule has 3 rings (SSSR count). The summed E-state index contributed by atoms with van der Waals surface area (Å²) in [5.41, 5.74) is 2.17. The van der Waals surface area contributed by atoms with Gasteiger partial charge in [-0.25, -0.2) is 9.18 Å². The molecule has 0 saturated heterocycles. The maximum absolute atomic E-state index is 13.8. The van der Waals surface area contributed by atoms with Gasteiger partial charge in [-0.05, 0) is 43.2 Å². The Balaban J connectivity index is 1.95. The lowest BCUT2D eigenvalue weighted by atomic mass is 10.0. The van der Waals surface area contributed by atoms with Crippen LogP contribution in [0.1, 0.15) is 23.6 Å². The van der Waals surface area contributed by atoms with Crippen LogP contribution < -0.4 is 10.4 Å². The van der Waals surface area contributed by atoms with Gasteiger partial charge in [0.25, 0.3) is 0 Å². The molecule has 0 radical (unpaired) electrons. The van der Waals surface area contributed by atoms with Crippen LogP contribution in [0.4, 0.5) is 4.39 Å². The molecule has 0 unspecified atom stereocenters. The number of fused-ring (bicyclic) bond motifs is 1. The molecule has 0 bridgehead atoms. The molecule has 1 aromatic heterocycles. The summed E-state index contributed by atoms with van der Waals surface area (Å²) in [6.07, 6.45) is 0.734. The van der Waals surface area contributed by atoms with Crippen molar-refractivity contribution in [1.29, 1.82) is 0 Å². The molecule has 0 aliphatic rings. The van der Waals surface area contributed by atoms with Crippen LogP contribution in [0.3, 0.4) is 0 Å². The summed E-state index contributed by atoms with van der Waals surface area (Å²) < 4.78 is 24.9. The Morgan fingerprint density at radius 2 is 1.96 bits per heavy atom. The lowest BCUT2D eigenvalue weighted by Crippen LogP contribution is -2.03. The van der Waals surface area contributed by atoms with Crippen molar-refractivity contribution >= 4 is 22.6 Å². The van der Waals surface area contributed by atoms with E-state index in [1.807, 2.05) is 26.0 Å². The minimum Gasteiger partial charge on any atom is -0.488 e. The average Bonchev–Trinajstić information content (AvgIpc) is 2.55. The average molecular weight is 347 g/mol. The third-order valence-electron chi connectivity index (χ3n) is 3.98. The first-order valence-electron chi connectivity index (χ1n) is 7.62. The Kier molecular flexibility index (Phi) is 4.58. The maximum Gasteiger partial charge on any atom is 0.336 e. The largest absolute Gasteiger partial charge is 0.488 e. The Hall–Kier alpha value is -2.33. The van der Waals surface area contributed by atoms with Crippen LogP contribution in [0, 0.1) is 12.7 Å². The normalized spacial score (nSPS) is 11.0. The first kappa shape index (κ1) is 16.5. The number of benzene rings is 2. The molecule has 0 spiro atoms. The standard InChI is InChI=1S/C19H16ClFO3/c1-3-12-8-18(22)24-19-11(2)17(7-6-15(12)19)23-10-13-4-5-14(20)9-16(13)21/h4-9H,3,10H2,1-2H3. The van der Waals surface area contributed by atoms with Gasteiger partial charge in [-0.15, -0.1) is 0 Å². The molecule has 5 heteroatoms. The van der Waals surface area contributed by atoms with Crippen molar-refractivity contribution in [2.24, 2.45) is 0 Å². The molecular formula is C19H16ClFO3. The van der Waals surface area contributed by atoms with Gasteiger partial charge in [0.15, 0.2) is 0 Å². The summed E-state index contributed by atoms with van der Waals surface area (Å²) in [5.74, 6) is 0.133. The molecule has 1 heterocycles. The Morgan fingerprint density at radius 3 is 2.67 bits per heavy atom. The topological polar surface area (TPSA) is 39.4 Å². The molecule has 3 nitrogen and oxygen atoms in total. The zero-order chi connectivity index (χ0) is 17.3. The molecule has 0 aliphatic heterocycles. The molecule has 0 aliphatic carbocycles. The second kappa shape index (κ2) is 6.65. The van der Waals surface area contributed by atoms with E-state index in [1.54, 1.807) is 12.1 Å². The summed E-state index contributed by atoms with van der Waals surface area (Å²) >= 11 is 5.75. The van der Waals surface area contributed by atoms with Crippen molar-refractivity contribution in [1.82, 2.24) is 0 Å². The van der Waals surface area contributed by atoms with Crippen LogP contribution in [-0.4, -0.2) is 0 Å². The molecule has 3 aromatic rings. The van der Waals surface area contributed by atoms with E-state index in [0.717, 1.165) is 17.4 Å². The molecule has 0 saturated carbocycles. The lowest BCUT2D eigenvalue weighted by molar-refractivity contribution is 0.297. The molecule has 0 N–H and O–H groups in total. The quantitative estimate of drug-likeness (QED) is 0.621. The highest BCUT2D eigenvalue weighted by atomic mass is 35.5. The van der Waals surface area contributed by atoms with Gasteiger partial charge in [0.2, 0.25) is 0 Å². The van der Waals surface area contributed by atoms with E-state index < -0.39 is 5.82 Å². The zero-order valence-corrected chi connectivity index (χ0v) is 14.1. The van der Waals surface area contributed by atoms with Crippen LogP contribution in [0.5, 0.6) is 5.75 Å². The fraction of sp³-hybridized carbons (Fsp3) is 0.211. The second-order valence-electron chi connectivity index (χ2n) is 5.53. The van der Waals surface area contributed by atoms with Gasteiger partial charge in [0.1, 0.15) is 23.8 Å². The van der Waals surface area contributed by atoms with Crippen LogP contribution in [0.15, 0.2) is 45.6 Å². The summed E-state index contributed by atoms with van der Waals surface area (Å²) in [7, 11) is 0. The second-order valence-corrected chi connectivity index (χ2v) is 5.97. The highest BCUT2D eigenvalue weighted by molar-refractivity contribution is 6.30. The van der Waals surface area contributed by atoms with Gasteiger partial charge >= 0.3 is 5.63 Å². The van der Waals surface area contributed by atoms with Crippen LogP contribution in [0.25, 0.3) is 11.0 Å². The van der Waals surface area contributed by atoms with Crippen LogP contribution >= 0.6 is 11.6 Å². The van der Waals surface area contributed by atoms with Gasteiger partial charge in [-0.1, -0.05) is 24.6 Å². The third-order valence-corrected chi connectivity index (χ3v) is 4.21. The molecule has 0 atom stereocenters. The van der Waals surface area contributed by atoms with Crippen molar-refractivity contribution in [3.63, 3.8) is 0 Å². The van der Waals surface area contributed by atoms with Crippen molar-refractivity contribution in [2.45, 2.75) is 26.9 Å². The van der Waals surface area contributed by atoms with Crippen molar-refractivity contribution < 1.29 is 13.5 Å². The number of aryl methyl sites for hydroxylation is 2. The Bertz CT molecular complexity index is 963. The van der Waals surface area contributed by atoms with Crippen molar-refractivity contribution in [2.75, 3.05) is 0 Å². The summed E-state index contributed by atoms with van der Waals surface area (Å²) in [4.78, 5) is 11.7. The number of ether oxygens (including phenoxy) is 1. The number of halogens is 2.